The maximum absolute atomic E-state index is 5.68. The predicted octanol–water partition coefficient (Wildman–Crippen LogP) is 2.61. The molecule has 2 rings (SSSR count). The fraction of sp³-hybridized carbons (Fsp3) is 0.818. The molecule has 4 heteroatoms. The molecule has 1 aromatic rings. The zero-order chi connectivity index (χ0) is 11.1. The van der Waals surface area contributed by atoms with Crippen molar-refractivity contribution >= 4 is 0 Å². The zero-order valence-corrected chi connectivity index (χ0v) is 9.78. The summed E-state index contributed by atoms with van der Waals surface area (Å²) in [6.45, 7) is 8.28. The first kappa shape index (κ1) is 10.6. The Hall–Kier alpha value is -0.900. The topological polar surface area (TPSA) is 48.2 Å². The first-order valence-corrected chi connectivity index (χ1v) is 5.46. The van der Waals surface area contributed by atoms with Gasteiger partial charge in [-0.3, -0.25) is 0 Å². The molecule has 0 aromatic carbocycles. The van der Waals surface area contributed by atoms with Gasteiger partial charge in [-0.05, 0) is 19.8 Å². The highest BCUT2D eigenvalue weighted by atomic mass is 16.5. The average molecular weight is 210 g/mol. The lowest BCUT2D eigenvalue weighted by atomic mass is 9.96. The molecule has 15 heavy (non-hydrogen) atoms. The van der Waals surface area contributed by atoms with Gasteiger partial charge in [0.2, 0.25) is 0 Å². The Morgan fingerprint density at radius 1 is 1.27 bits per heavy atom. The summed E-state index contributed by atoms with van der Waals surface area (Å²) in [6, 6.07) is 0. The van der Waals surface area contributed by atoms with Crippen molar-refractivity contribution in [1.82, 2.24) is 10.1 Å². The molecule has 0 N–H and O–H groups in total. The third kappa shape index (κ3) is 2.20. The molecule has 0 saturated carbocycles. The second kappa shape index (κ2) is 3.59. The molecule has 84 valence electrons. The van der Waals surface area contributed by atoms with Crippen molar-refractivity contribution in [2.24, 2.45) is 0 Å². The monoisotopic (exact) mass is 210 g/mol. The van der Waals surface area contributed by atoms with Gasteiger partial charge in [0.15, 0.2) is 5.82 Å². The highest BCUT2D eigenvalue weighted by molar-refractivity contribution is 5.02. The third-order valence-corrected chi connectivity index (χ3v) is 2.62. The fourth-order valence-corrected chi connectivity index (χ4v) is 1.65. The van der Waals surface area contributed by atoms with E-state index in [1.54, 1.807) is 0 Å². The Kier molecular flexibility index (Phi) is 2.54. The van der Waals surface area contributed by atoms with Gasteiger partial charge in [-0.25, -0.2) is 0 Å². The highest BCUT2D eigenvalue weighted by Crippen LogP contribution is 2.32. The van der Waals surface area contributed by atoms with Crippen LogP contribution in [0.4, 0.5) is 0 Å². The molecule has 1 aliphatic heterocycles. The summed E-state index contributed by atoms with van der Waals surface area (Å²) >= 11 is 0. The third-order valence-electron chi connectivity index (χ3n) is 2.62. The van der Waals surface area contributed by atoms with E-state index >= 15 is 0 Å². The summed E-state index contributed by atoms with van der Waals surface area (Å²) in [7, 11) is 0. The molecular formula is C11H18N2O2. The molecule has 1 aromatic heterocycles. The standard InChI is InChI=1S/C11H18N2O2/c1-7-5-6-8(14-7)9-12-10(13-15-9)11(2,3)4/h7-8H,5-6H2,1-4H3. The van der Waals surface area contributed by atoms with E-state index in [9.17, 15) is 0 Å². The van der Waals surface area contributed by atoms with E-state index in [0.717, 1.165) is 18.7 Å². The van der Waals surface area contributed by atoms with Crippen molar-refractivity contribution in [1.29, 1.82) is 0 Å². The SMILES string of the molecule is CC1CCC(c2nc(C(C)(C)C)no2)O1. The second-order valence-electron chi connectivity index (χ2n) is 5.22. The molecule has 2 unspecified atom stereocenters. The van der Waals surface area contributed by atoms with E-state index in [2.05, 4.69) is 37.8 Å². The van der Waals surface area contributed by atoms with Crippen LogP contribution < -0.4 is 0 Å². The Balaban J connectivity index is 2.14. The molecule has 0 aliphatic carbocycles. The van der Waals surface area contributed by atoms with Crippen molar-refractivity contribution < 1.29 is 9.26 Å². The van der Waals surface area contributed by atoms with Crippen LogP contribution in [0.1, 0.15) is 58.4 Å². The van der Waals surface area contributed by atoms with Crippen LogP contribution in [0, 0.1) is 0 Å². The van der Waals surface area contributed by atoms with E-state index in [1.165, 1.54) is 0 Å². The van der Waals surface area contributed by atoms with Gasteiger partial charge in [-0.15, -0.1) is 0 Å². The van der Waals surface area contributed by atoms with Crippen LogP contribution in [0.5, 0.6) is 0 Å². The van der Waals surface area contributed by atoms with Gasteiger partial charge >= 0.3 is 0 Å². The van der Waals surface area contributed by atoms with Crippen molar-refractivity contribution in [3.8, 4) is 0 Å². The van der Waals surface area contributed by atoms with E-state index in [-0.39, 0.29) is 11.5 Å². The van der Waals surface area contributed by atoms with Gasteiger partial charge in [0, 0.05) is 5.41 Å². The lowest BCUT2D eigenvalue weighted by Crippen LogP contribution is -2.13. The first-order chi connectivity index (χ1) is 6.97. The summed E-state index contributed by atoms with van der Waals surface area (Å²) in [5.41, 5.74) is -0.0635. The van der Waals surface area contributed by atoms with Crippen LogP contribution in [-0.4, -0.2) is 16.2 Å². The summed E-state index contributed by atoms with van der Waals surface area (Å²) in [6.07, 6.45) is 2.36. The Bertz CT molecular complexity index is 341. The van der Waals surface area contributed by atoms with Crippen molar-refractivity contribution in [3.63, 3.8) is 0 Å². The predicted molar refractivity (Wildman–Crippen MR) is 55.5 cm³/mol. The van der Waals surface area contributed by atoms with Crippen LogP contribution in [0.2, 0.25) is 0 Å². The number of hydrogen-bond donors (Lipinski definition) is 0. The Morgan fingerprint density at radius 3 is 2.47 bits per heavy atom. The largest absolute Gasteiger partial charge is 0.365 e. The zero-order valence-electron chi connectivity index (χ0n) is 9.78. The quantitative estimate of drug-likeness (QED) is 0.714. The maximum atomic E-state index is 5.68. The van der Waals surface area contributed by atoms with Crippen LogP contribution >= 0.6 is 0 Å². The molecule has 0 amide bonds. The van der Waals surface area contributed by atoms with Crippen LogP contribution in [-0.2, 0) is 10.2 Å². The molecule has 2 atom stereocenters. The maximum Gasteiger partial charge on any atom is 0.255 e. The number of nitrogens with zero attached hydrogens (tertiary/aromatic N) is 2. The van der Waals surface area contributed by atoms with Crippen molar-refractivity contribution in [2.45, 2.75) is 58.2 Å². The number of rotatable bonds is 1. The summed E-state index contributed by atoms with van der Waals surface area (Å²) in [5, 5.41) is 3.99. The van der Waals surface area contributed by atoms with Gasteiger partial charge in [0.1, 0.15) is 6.10 Å². The van der Waals surface area contributed by atoms with Crippen LogP contribution in [0.15, 0.2) is 4.52 Å². The minimum absolute atomic E-state index is 0.00333. The molecule has 1 fully saturated rings. The summed E-state index contributed by atoms with van der Waals surface area (Å²) in [5.74, 6) is 1.38. The molecular weight excluding hydrogens is 192 g/mol. The molecule has 1 saturated heterocycles. The van der Waals surface area contributed by atoms with Crippen LogP contribution in [0.25, 0.3) is 0 Å². The van der Waals surface area contributed by atoms with E-state index < -0.39 is 0 Å². The fourth-order valence-electron chi connectivity index (χ4n) is 1.65. The molecule has 1 aliphatic rings. The Labute approximate surface area is 90.0 Å². The molecule has 0 spiro atoms. The minimum Gasteiger partial charge on any atom is -0.365 e. The highest BCUT2D eigenvalue weighted by Gasteiger charge is 2.30. The first-order valence-electron chi connectivity index (χ1n) is 5.46. The number of hydrogen-bond acceptors (Lipinski definition) is 4. The minimum atomic E-state index is -0.0635. The molecule has 0 radical (unpaired) electrons. The Morgan fingerprint density at radius 2 is 2.00 bits per heavy atom. The summed E-state index contributed by atoms with van der Waals surface area (Å²) < 4.78 is 10.9. The van der Waals surface area contributed by atoms with Gasteiger partial charge in [-0.2, -0.15) is 4.98 Å². The second-order valence-corrected chi connectivity index (χ2v) is 5.22. The van der Waals surface area contributed by atoms with Gasteiger partial charge < -0.3 is 9.26 Å². The van der Waals surface area contributed by atoms with Gasteiger partial charge in [0.05, 0.1) is 6.10 Å². The molecule has 0 bridgehead atoms. The van der Waals surface area contributed by atoms with Gasteiger partial charge in [0.25, 0.3) is 5.89 Å². The number of aromatic nitrogens is 2. The lowest BCUT2D eigenvalue weighted by molar-refractivity contribution is 0.0355. The van der Waals surface area contributed by atoms with Crippen LogP contribution in [0.3, 0.4) is 0 Å². The van der Waals surface area contributed by atoms with Crippen molar-refractivity contribution in [3.05, 3.63) is 11.7 Å². The normalized spacial score (nSPS) is 27.2. The van der Waals surface area contributed by atoms with E-state index in [0.29, 0.717) is 12.0 Å². The van der Waals surface area contributed by atoms with Crippen molar-refractivity contribution in [2.75, 3.05) is 0 Å². The number of ether oxygens (including phenoxy) is 1. The summed E-state index contributed by atoms with van der Waals surface area (Å²) in [4.78, 5) is 4.40. The average Bonchev–Trinajstić information content (AvgIpc) is 2.69. The smallest absolute Gasteiger partial charge is 0.255 e. The lowest BCUT2D eigenvalue weighted by Gasteiger charge is -2.11. The van der Waals surface area contributed by atoms with E-state index in [4.69, 9.17) is 9.26 Å². The van der Waals surface area contributed by atoms with E-state index in [1.807, 2.05) is 0 Å². The molecule has 4 nitrogen and oxygen atoms in total. The molecule has 2 heterocycles. The van der Waals surface area contributed by atoms with Gasteiger partial charge in [-0.1, -0.05) is 25.9 Å².